The van der Waals surface area contributed by atoms with Gasteiger partial charge in [-0.05, 0) is 46.1 Å². The molecule has 17 heavy (non-hydrogen) atoms. The Labute approximate surface area is 128 Å². The number of aryl methyl sites for hydroxylation is 1. The maximum absolute atomic E-state index is 6.44. The summed E-state index contributed by atoms with van der Waals surface area (Å²) >= 11 is 23.6. The zero-order valence-corrected chi connectivity index (χ0v) is 13.5. The minimum atomic E-state index is -0.267. The molecule has 1 aromatic heterocycles. The average molecular weight is 371 g/mol. The van der Waals surface area contributed by atoms with Gasteiger partial charge in [0.1, 0.15) is 0 Å². The second-order valence-corrected chi connectivity index (χ2v) is 6.97. The van der Waals surface area contributed by atoms with Crippen molar-refractivity contribution in [2.45, 2.75) is 12.3 Å². The van der Waals surface area contributed by atoms with E-state index in [2.05, 4.69) is 15.9 Å². The lowest BCUT2D eigenvalue weighted by molar-refractivity contribution is 1.18. The van der Waals surface area contributed by atoms with Gasteiger partial charge in [-0.25, -0.2) is 0 Å². The molecule has 0 bridgehead atoms. The van der Waals surface area contributed by atoms with Crippen LogP contribution in [0.5, 0.6) is 0 Å². The zero-order valence-electron chi connectivity index (χ0n) is 8.81. The lowest BCUT2D eigenvalue weighted by Gasteiger charge is -2.10. The van der Waals surface area contributed by atoms with E-state index < -0.39 is 0 Å². The van der Waals surface area contributed by atoms with Crippen LogP contribution in [0.4, 0.5) is 0 Å². The fraction of sp³-hybridized carbons (Fsp3) is 0.167. The van der Waals surface area contributed by atoms with Crippen molar-refractivity contribution in [1.82, 2.24) is 0 Å². The maximum atomic E-state index is 6.44. The predicted molar refractivity (Wildman–Crippen MR) is 80.9 cm³/mol. The molecular weight excluding hydrogens is 362 g/mol. The van der Waals surface area contributed by atoms with E-state index in [0.29, 0.717) is 5.02 Å². The van der Waals surface area contributed by atoms with Gasteiger partial charge in [0.15, 0.2) is 0 Å². The first kappa shape index (κ1) is 13.7. The molecule has 5 heteroatoms. The smallest absolute Gasteiger partial charge is 0.0960 e. The third kappa shape index (κ3) is 2.82. The number of thiophene rings is 1. The van der Waals surface area contributed by atoms with Gasteiger partial charge in [0.2, 0.25) is 0 Å². The summed E-state index contributed by atoms with van der Waals surface area (Å²) in [6.45, 7) is 1.97. The normalized spacial score (nSPS) is 12.8. The summed E-state index contributed by atoms with van der Waals surface area (Å²) < 4.78 is 1.62. The molecular formula is C12H8BrCl3S. The third-order valence-corrected chi connectivity index (χ3v) is 5.91. The minimum absolute atomic E-state index is 0.267. The highest BCUT2D eigenvalue weighted by Crippen LogP contribution is 2.41. The first-order valence-corrected chi connectivity index (χ1v) is 7.64. The zero-order chi connectivity index (χ0) is 12.6. The maximum Gasteiger partial charge on any atom is 0.0960 e. The third-order valence-electron chi connectivity index (χ3n) is 2.38. The highest BCUT2D eigenvalue weighted by molar-refractivity contribution is 9.10. The fourth-order valence-corrected chi connectivity index (χ4v) is 3.74. The average Bonchev–Trinajstić information content (AvgIpc) is 2.62. The van der Waals surface area contributed by atoms with Crippen LogP contribution in [0.25, 0.3) is 0 Å². The second-order valence-electron chi connectivity index (χ2n) is 3.61. The van der Waals surface area contributed by atoms with Crippen molar-refractivity contribution in [3.05, 3.63) is 54.1 Å². The number of rotatable bonds is 2. The molecule has 0 radical (unpaired) electrons. The highest BCUT2D eigenvalue weighted by Gasteiger charge is 2.18. The molecule has 0 fully saturated rings. The standard InChI is InChI=1S/C12H8BrCl3S/c1-6-5-9(17-12(6)16)11(15)7-3-2-4-8(13)10(7)14/h2-5,11H,1H3. The topological polar surface area (TPSA) is 0 Å². The van der Waals surface area contributed by atoms with E-state index in [4.69, 9.17) is 34.8 Å². The summed E-state index contributed by atoms with van der Waals surface area (Å²) in [5, 5.41) is 0.380. The van der Waals surface area contributed by atoms with Crippen LogP contribution < -0.4 is 0 Å². The van der Waals surface area contributed by atoms with E-state index in [0.717, 1.165) is 24.8 Å². The second kappa shape index (κ2) is 5.50. The van der Waals surface area contributed by atoms with Crippen LogP contribution in [0, 0.1) is 6.92 Å². The van der Waals surface area contributed by atoms with E-state index in [9.17, 15) is 0 Å². The summed E-state index contributed by atoms with van der Waals surface area (Å²) in [6.07, 6.45) is 0. The molecule has 1 heterocycles. The number of hydrogen-bond donors (Lipinski definition) is 0. The van der Waals surface area contributed by atoms with Crippen LogP contribution >= 0.6 is 62.1 Å². The van der Waals surface area contributed by atoms with Crippen molar-refractivity contribution in [1.29, 1.82) is 0 Å². The quantitative estimate of drug-likeness (QED) is 0.533. The molecule has 1 aromatic carbocycles. The van der Waals surface area contributed by atoms with Gasteiger partial charge in [0, 0.05) is 9.35 Å². The summed E-state index contributed by atoms with van der Waals surface area (Å²) in [5.74, 6) is 0. The van der Waals surface area contributed by atoms with E-state index in [1.807, 2.05) is 31.2 Å². The van der Waals surface area contributed by atoms with Crippen LogP contribution in [0.2, 0.25) is 9.36 Å². The molecule has 0 aliphatic heterocycles. The Bertz CT molecular complexity index is 531. The highest BCUT2D eigenvalue weighted by atomic mass is 79.9. The van der Waals surface area contributed by atoms with Gasteiger partial charge in [0.25, 0.3) is 0 Å². The van der Waals surface area contributed by atoms with Crippen molar-refractivity contribution in [3.8, 4) is 0 Å². The SMILES string of the molecule is Cc1cc(C(Cl)c2cccc(Br)c2Cl)sc1Cl. The Hall–Kier alpha value is 0.270. The van der Waals surface area contributed by atoms with Crippen molar-refractivity contribution in [3.63, 3.8) is 0 Å². The van der Waals surface area contributed by atoms with Crippen LogP contribution in [-0.2, 0) is 0 Å². The lowest BCUT2D eigenvalue weighted by atomic mass is 10.1. The van der Waals surface area contributed by atoms with Crippen molar-refractivity contribution < 1.29 is 0 Å². The van der Waals surface area contributed by atoms with E-state index >= 15 is 0 Å². The van der Waals surface area contributed by atoms with Gasteiger partial charge in [0.05, 0.1) is 14.7 Å². The molecule has 1 atom stereocenters. The van der Waals surface area contributed by atoms with Gasteiger partial charge in [-0.1, -0.05) is 35.3 Å². The van der Waals surface area contributed by atoms with E-state index in [1.54, 1.807) is 0 Å². The van der Waals surface area contributed by atoms with Crippen molar-refractivity contribution >= 4 is 62.1 Å². The van der Waals surface area contributed by atoms with Crippen LogP contribution in [0.15, 0.2) is 28.7 Å². The van der Waals surface area contributed by atoms with Crippen LogP contribution in [-0.4, -0.2) is 0 Å². The van der Waals surface area contributed by atoms with Crippen molar-refractivity contribution in [2.24, 2.45) is 0 Å². The monoisotopic (exact) mass is 368 g/mol. The van der Waals surface area contributed by atoms with Gasteiger partial charge in [-0.3, -0.25) is 0 Å². The van der Waals surface area contributed by atoms with Crippen LogP contribution in [0.3, 0.4) is 0 Å². The Morgan fingerprint density at radius 1 is 1.29 bits per heavy atom. The van der Waals surface area contributed by atoms with Gasteiger partial charge >= 0.3 is 0 Å². The molecule has 1 unspecified atom stereocenters. The van der Waals surface area contributed by atoms with E-state index in [1.165, 1.54) is 11.3 Å². The molecule has 0 saturated heterocycles. The number of halogens is 4. The summed E-state index contributed by atoms with van der Waals surface area (Å²) in [7, 11) is 0. The lowest BCUT2D eigenvalue weighted by Crippen LogP contribution is -1.91. The summed E-state index contributed by atoms with van der Waals surface area (Å²) in [6, 6.07) is 7.74. The van der Waals surface area contributed by atoms with Crippen molar-refractivity contribution in [2.75, 3.05) is 0 Å². The first-order valence-electron chi connectivity index (χ1n) is 4.84. The Morgan fingerprint density at radius 2 is 2.00 bits per heavy atom. The molecule has 0 saturated carbocycles. The summed E-state index contributed by atoms with van der Waals surface area (Å²) in [4.78, 5) is 1.01. The molecule has 0 spiro atoms. The number of alkyl halides is 1. The molecule has 0 nitrogen and oxygen atoms in total. The minimum Gasteiger partial charge on any atom is -0.126 e. The largest absolute Gasteiger partial charge is 0.126 e. The molecule has 2 rings (SSSR count). The Balaban J connectivity index is 2.43. The van der Waals surface area contributed by atoms with Gasteiger partial charge in [-0.15, -0.1) is 22.9 Å². The molecule has 90 valence electrons. The molecule has 0 amide bonds. The van der Waals surface area contributed by atoms with Gasteiger partial charge < -0.3 is 0 Å². The Morgan fingerprint density at radius 3 is 2.59 bits per heavy atom. The number of benzene rings is 1. The summed E-state index contributed by atoms with van der Waals surface area (Å²) in [5.41, 5.74) is 1.93. The molecule has 2 aromatic rings. The Kier molecular flexibility index (Phi) is 4.43. The molecule has 0 aliphatic carbocycles. The predicted octanol–water partition coefficient (Wildman–Crippen LogP) is 6.45. The van der Waals surface area contributed by atoms with E-state index in [-0.39, 0.29) is 5.38 Å². The first-order chi connectivity index (χ1) is 8.00. The molecule has 0 aliphatic rings. The van der Waals surface area contributed by atoms with Crippen LogP contribution in [0.1, 0.15) is 21.4 Å². The molecule has 0 N–H and O–H groups in total. The fourth-order valence-electron chi connectivity index (χ4n) is 1.48. The number of hydrogen-bond acceptors (Lipinski definition) is 1. The van der Waals surface area contributed by atoms with Gasteiger partial charge in [-0.2, -0.15) is 0 Å².